The van der Waals surface area contributed by atoms with Gasteiger partial charge in [0, 0.05) is 30.2 Å². The van der Waals surface area contributed by atoms with E-state index in [-0.39, 0.29) is 24.6 Å². The van der Waals surface area contributed by atoms with Gasteiger partial charge in [0.05, 0.1) is 17.7 Å². The second-order valence-corrected chi connectivity index (χ2v) is 5.97. The van der Waals surface area contributed by atoms with E-state index >= 15 is 0 Å². The first-order valence-corrected chi connectivity index (χ1v) is 8.51. The molecule has 0 radical (unpaired) electrons. The number of aromatic nitrogens is 3. The average molecular weight is 403 g/mol. The summed E-state index contributed by atoms with van der Waals surface area (Å²) < 4.78 is 38.6. The lowest BCUT2D eigenvalue weighted by molar-refractivity contribution is -0.138. The maximum atomic E-state index is 12.9. The van der Waals surface area contributed by atoms with E-state index in [4.69, 9.17) is 5.11 Å². The first-order chi connectivity index (χ1) is 13.8. The summed E-state index contributed by atoms with van der Waals surface area (Å²) in [6.07, 6.45) is -1.47. The molecule has 1 aromatic carbocycles. The van der Waals surface area contributed by atoms with Crippen LogP contribution in [0.3, 0.4) is 0 Å². The molecule has 0 spiro atoms. The Kier molecular flexibility index (Phi) is 5.91. The van der Waals surface area contributed by atoms with Gasteiger partial charge in [-0.05, 0) is 36.4 Å². The molecule has 0 aliphatic heterocycles. The Morgan fingerprint density at radius 3 is 2.62 bits per heavy atom. The molecule has 0 aliphatic rings. The van der Waals surface area contributed by atoms with E-state index in [1.165, 1.54) is 18.3 Å². The molecule has 0 saturated heterocycles. The molecule has 3 N–H and O–H groups in total. The Labute approximate surface area is 163 Å². The summed E-state index contributed by atoms with van der Waals surface area (Å²) in [5, 5.41) is 14.4. The molecule has 0 bridgehead atoms. The first kappa shape index (κ1) is 20.1. The normalized spacial score (nSPS) is 11.1. The van der Waals surface area contributed by atoms with Crippen LogP contribution < -0.4 is 10.6 Å². The highest BCUT2D eigenvalue weighted by Gasteiger charge is 2.30. The lowest BCUT2D eigenvalue weighted by atomic mass is 10.2. The van der Waals surface area contributed by atoms with Crippen LogP contribution in [0.4, 0.5) is 30.6 Å². The van der Waals surface area contributed by atoms with Crippen LogP contribution in [-0.2, 0) is 11.0 Å². The second kappa shape index (κ2) is 8.55. The van der Waals surface area contributed by atoms with E-state index in [0.717, 1.165) is 12.1 Å². The van der Waals surface area contributed by atoms with Crippen LogP contribution in [0.1, 0.15) is 12.0 Å². The number of carboxylic acid groups (broad SMARTS) is 1. The van der Waals surface area contributed by atoms with Gasteiger partial charge >= 0.3 is 12.1 Å². The third kappa shape index (κ3) is 5.64. The van der Waals surface area contributed by atoms with Crippen molar-refractivity contribution in [3.63, 3.8) is 0 Å². The maximum Gasteiger partial charge on any atom is 0.416 e. The summed E-state index contributed by atoms with van der Waals surface area (Å²) >= 11 is 0. The fourth-order valence-electron chi connectivity index (χ4n) is 2.47. The molecule has 29 heavy (non-hydrogen) atoms. The number of hydrogen-bond acceptors (Lipinski definition) is 6. The predicted octanol–water partition coefficient (Wildman–Crippen LogP) is 4.19. The van der Waals surface area contributed by atoms with Crippen LogP contribution in [0.5, 0.6) is 0 Å². The lowest BCUT2D eigenvalue weighted by Crippen LogP contribution is -2.08. The quantitative estimate of drug-likeness (QED) is 0.544. The zero-order valence-electron chi connectivity index (χ0n) is 14.9. The third-order valence-electron chi connectivity index (χ3n) is 3.80. The van der Waals surface area contributed by atoms with E-state index in [1.54, 1.807) is 24.4 Å². The minimum Gasteiger partial charge on any atom is -0.481 e. The van der Waals surface area contributed by atoms with E-state index in [9.17, 15) is 18.0 Å². The SMILES string of the molecule is O=C(O)CCNc1cc(-c2ccnc(Nc3cccc(C(F)(F)F)c3)n2)ccn1. The van der Waals surface area contributed by atoms with Gasteiger partial charge in [-0.2, -0.15) is 13.2 Å². The number of alkyl halides is 3. The fourth-order valence-corrected chi connectivity index (χ4v) is 2.47. The minimum atomic E-state index is -4.44. The van der Waals surface area contributed by atoms with E-state index in [1.807, 2.05) is 0 Å². The topological polar surface area (TPSA) is 100 Å². The molecule has 3 rings (SSSR count). The van der Waals surface area contributed by atoms with Crippen LogP contribution >= 0.6 is 0 Å². The maximum absolute atomic E-state index is 12.9. The molecule has 10 heteroatoms. The number of aliphatic carboxylic acids is 1. The molecular formula is C19H16F3N5O2. The molecule has 0 aliphatic carbocycles. The molecule has 0 fully saturated rings. The van der Waals surface area contributed by atoms with Crippen molar-refractivity contribution in [1.82, 2.24) is 15.0 Å². The first-order valence-electron chi connectivity index (χ1n) is 8.51. The number of nitrogens with zero attached hydrogens (tertiary/aromatic N) is 3. The number of pyridine rings is 1. The largest absolute Gasteiger partial charge is 0.481 e. The van der Waals surface area contributed by atoms with E-state index < -0.39 is 17.7 Å². The monoisotopic (exact) mass is 403 g/mol. The number of halogens is 3. The Bertz CT molecular complexity index is 1010. The number of hydrogen-bond donors (Lipinski definition) is 3. The van der Waals surface area contributed by atoms with Crippen molar-refractivity contribution < 1.29 is 23.1 Å². The van der Waals surface area contributed by atoms with Gasteiger partial charge in [-0.3, -0.25) is 4.79 Å². The molecular weight excluding hydrogens is 387 g/mol. The molecule has 0 unspecified atom stereocenters. The van der Waals surface area contributed by atoms with Gasteiger partial charge in [-0.25, -0.2) is 15.0 Å². The van der Waals surface area contributed by atoms with Gasteiger partial charge in [-0.1, -0.05) is 6.07 Å². The predicted molar refractivity (Wildman–Crippen MR) is 101 cm³/mol. The minimum absolute atomic E-state index is 0.0511. The van der Waals surface area contributed by atoms with Crippen LogP contribution in [0.15, 0.2) is 54.9 Å². The fraction of sp³-hybridized carbons (Fsp3) is 0.158. The molecule has 0 atom stereocenters. The number of benzene rings is 1. The summed E-state index contributed by atoms with van der Waals surface area (Å²) in [5.41, 5.74) is 0.651. The Balaban J connectivity index is 1.77. The van der Waals surface area contributed by atoms with Crippen molar-refractivity contribution >= 4 is 23.4 Å². The molecule has 3 aromatic rings. The highest BCUT2D eigenvalue weighted by molar-refractivity contribution is 5.68. The van der Waals surface area contributed by atoms with Crippen LogP contribution in [0.25, 0.3) is 11.3 Å². The molecule has 150 valence electrons. The Hall–Kier alpha value is -3.69. The van der Waals surface area contributed by atoms with Crippen molar-refractivity contribution in [2.75, 3.05) is 17.2 Å². The van der Waals surface area contributed by atoms with E-state index in [0.29, 0.717) is 17.1 Å². The van der Waals surface area contributed by atoms with Crippen LogP contribution in [-0.4, -0.2) is 32.6 Å². The van der Waals surface area contributed by atoms with E-state index in [2.05, 4.69) is 25.6 Å². The summed E-state index contributed by atoms with van der Waals surface area (Å²) in [6, 6.07) is 9.80. The standard InChI is InChI=1S/C19H16F3N5O2/c20-19(21,22)13-2-1-3-14(11-13)26-18-25-8-5-15(27-18)12-4-7-23-16(10-12)24-9-6-17(28)29/h1-5,7-8,10-11H,6,9H2,(H,23,24)(H,28,29)(H,25,26,27). The average Bonchev–Trinajstić information content (AvgIpc) is 2.68. The van der Waals surface area contributed by atoms with Gasteiger partial charge in [0.15, 0.2) is 0 Å². The lowest BCUT2D eigenvalue weighted by Gasteiger charge is -2.10. The zero-order chi connectivity index (χ0) is 20.9. The second-order valence-electron chi connectivity index (χ2n) is 5.97. The summed E-state index contributed by atoms with van der Waals surface area (Å²) in [4.78, 5) is 23.1. The Morgan fingerprint density at radius 2 is 1.86 bits per heavy atom. The smallest absolute Gasteiger partial charge is 0.416 e. The highest BCUT2D eigenvalue weighted by atomic mass is 19.4. The van der Waals surface area contributed by atoms with Crippen molar-refractivity contribution in [1.29, 1.82) is 0 Å². The molecule has 7 nitrogen and oxygen atoms in total. The van der Waals surface area contributed by atoms with Crippen LogP contribution in [0, 0.1) is 0 Å². The van der Waals surface area contributed by atoms with Crippen molar-refractivity contribution in [3.8, 4) is 11.3 Å². The van der Waals surface area contributed by atoms with Crippen LogP contribution in [0.2, 0.25) is 0 Å². The Morgan fingerprint density at radius 1 is 1.07 bits per heavy atom. The zero-order valence-corrected chi connectivity index (χ0v) is 14.9. The number of carboxylic acids is 1. The molecule has 2 heterocycles. The molecule has 0 amide bonds. The molecule has 0 saturated carbocycles. The molecule has 2 aromatic heterocycles. The number of anilines is 3. The third-order valence-corrected chi connectivity index (χ3v) is 3.80. The summed E-state index contributed by atoms with van der Waals surface area (Å²) in [6.45, 7) is 0.220. The number of rotatable bonds is 7. The summed E-state index contributed by atoms with van der Waals surface area (Å²) in [5.74, 6) is -0.302. The number of carbonyl (C=O) groups is 1. The van der Waals surface area contributed by atoms with Gasteiger partial charge in [0.2, 0.25) is 5.95 Å². The summed E-state index contributed by atoms with van der Waals surface area (Å²) in [7, 11) is 0. The van der Waals surface area contributed by atoms with Crippen molar-refractivity contribution in [2.45, 2.75) is 12.6 Å². The van der Waals surface area contributed by atoms with Gasteiger partial charge in [0.1, 0.15) is 5.82 Å². The van der Waals surface area contributed by atoms with Crippen molar-refractivity contribution in [2.24, 2.45) is 0 Å². The van der Waals surface area contributed by atoms with Crippen molar-refractivity contribution in [3.05, 3.63) is 60.4 Å². The van der Waals surface area contributed by atoms with Gasteiger partial charge in [-0.15, -0.1) is 0 Å². The van der Waals surface area contributed by atoms with Gasteiger partial charge < -0.3 is 15.7 Å². The van der Waals surface area contributed by atoms with Gasteiger partial charge in [0.25, 0.3) is 0 Å². The highest BCUT2D eigenvalue weighted by Crippen LogP contribution is 2.31. The number of nitrogens with one attached hydrogen (secondary N) is 2.